The summed E-state index contributed by atoms with van der Waals surface area (Å²) >= 11 is 3.39. The van der Waals surface area contributed by atoms with Crippen molar-refractivity contribution < 1.29 is 13.9 Å². The highest BCUT2D eigenvalue weighted by Gasteiger charge is 2.09. The zero-order valence-corrected chi connectivity index (χ0v) is 13.4. The molecule has 22 heavy (non-hydrogen) atoms. The Morgan fingerprint density at radius 2 is 1.86 bits per heavy atom. The average Bonchev–Trinajstić information content (AvgIpc) is 3.02. The van der Waals surface area contributed by atoms with Crippen molar-refractivity contribution in [2.24, 2.45) is 0 Å². The molecule has 0 atom stereocenters. The van der Waals surface area contributed by atoms with Crippen molar-refractivity contribution in [3.05, 3.63) is 58.9 Å². The van der Waals surface area contributed by atoms with Crippen molar-refractivity contribution >= 4 is 15.9 Å². The van der Waals surface area contributed by atoms with Crippen LogP contribution in [0.2, 0.25) is 0 Å². The number of halogens is 1. The van der Waals surface area contributed by atoms with Crippen LogP contribution in [0, 0.1) is 0 Å². The van der Waals surface area contributed by atoms with E-state index in [4.69, 9.17) is 13.9 Å². The van der Waals surface area contributed by atoms with E-state index in [1.165, 1.54) is 0 Å². The molecule has 0 unspecified atom stereocenters. The van der Waals surface area contributed by atoms with Gasteiger partial charge in [0.15, 0.2) is 6.61 Å². The second-order valence-corrected chi connectivity index (χ2v) is 5.39. The second-order valence-electron chi connectivity index (χ2n) is 4.48. The summed E-state index contributed by atoms with van der Waals surface area (Å²) in [7, 11) is 1.62. The Labute approximate surface area is 136 Å². The number of hydrogen-bond donors (Lipinski definition) is 0. The van der Waals surface area contributed by atoms with Crippen LogP contribution in [-0.4, -0.2) is 17.3 Å². The van der Waals surface area contributed by atoms with Crippen LogP contribution in [0.4, 0.5) is 0 Å². The molecule has 0 fully saturated rings. The maximum Gasteiger partial charge on any atom is 0.254 e. The van der Waals surface area contributed by atoms with Gasteiger partial charge in [-0.2, -0.15) is 0 Å². The van der Waals surface area contributed by atoms with Gasteiger partial charge in [0.25, 0.3) is 5.89 Å². The largest absolute Gasteiger partial charge is 0.497 e. The van der Waals surface area contributed by atoms with Crippen molar-refractivity contribution in [2.75, 3.05) is 7.11 Å². The Morgan fingerprint density at radius 3 is 2.59 bits per heavy atom. The second kappa shape index (κ2) is 6.62. The van der Waals surface area contributed by atoms with E-state index < -0.39 is 0 Å². The van der Waals surface area contributed by atoms with Crippen LogP contribution >= 0.6 is 15.9 Å². The van der Waals surface area contributed by atoms with Crippen LogP contribution in [0.5, 0.6) is 11.5 Å². The number of methoxy groups -OCH3 is 1. The number of aromatic nitrogens is 2. The molecule has 0 saturated heterocycles. The van der Waals surface area contributed by atoms with E-state index in [9.17, 15) is 0 Å². The van der Waals surface area contributed by atoms with Gasteiger partial charge in [-0.3, -0.25) is 0 Å². The summed E-state index contributed by atoms with van der Waals surface area (Å²) in [6.45, 7) is 0.222. The van der Waals surface area contributed by atoms with E-state index in [1.54, 1.807) is 7.11 Å². The third-order valence-electron chi connectivity index (χ3n) is 2.96. The maximum atomic E-state index is 5.61. The fourth-order valence-corrected chi connectivity index (χ4v) is 2.24. The lowest BCUT2D eigenvalue weighted by atomic mass is 10.2. The van der Waals surface area contributed by atoms with Gasteiger partial charge in [0.2, 0.25) is 5.89 Å². The van der Waals surface area contributed by atoms with Crippen molar-refractivity contribution in [1.82, 2.24) is 10.2 Å². The van der Waals surface area contributed by atoms with Crippen LogP contribution in [-0.2, 0) is 6.61 Å². The highest BCUT2D eigenvalue weighted by atomic mass is 79.9. The first-order chi connectivity index (χ1) is 10.7. The first-order valence-corrected chi connectivity index (χ1v) is 7.39. The number of nitrogens with zero attached hydrogens (tertiary/aromatic N) is 2. The minimum absolute atomic E-state index is 0.222. The van der Waals surface area contributed by atoms with Gasteiger partial charge in [0.1, 0.15) is 11.5 Å². The molecule has 0 aliphatic carbocycles. The predicted octanol–water partition coefficient (Wildman–Crippen LogP) is 4.09. The van der Waals surface area contributed by atoms with Crippen LogP contribution in [0.25, 0.3) is 11.5 Å². The van der Waals surface area contributed by atoms with E-state index in [0.29, 0.717) is 11.8 Å². The SMILES string of the molecule is COc1ccc(-c2nnc(COc3cccc(Br)c3)o2)cc1. The number of rotatable bonds is 5. The quantitative estimate of drug-likeness (QED) is 0.685. The van der Waals surface area contributed by atoms with Crippen molar-refractivity contribution in [3.8, 4) is 23.0 Å². The zero-order chi connectivity index (χ0) is 15.4. The van der Waals surface area contributed by atoms with Crippen molar-refractivity contribution in [3.63, 3.8) is 0 Å². The molecule has 0 spiro atoms. The van der Waals surface area contributed by atoms with E-state index in [-0.39, 0.29) is 6.61 Å². The Kier molecular flexibility index (Phi) is 4.39. The topological polar surface area (TPSA) is 57.4 Å². The van der Waals surface area contributed by atoms with E-state index in [0.717, 1.165) is 21.5 Å². The monoisotopic (exact) mass is 360 g/mol. The Hall–Kier alpha value is -2.34. The molecular weight excluding hydrogens is 348 g/mol. The predicted molar refractivity (Wildman–Crippen MR) is 84.8 cm³/mol. The average molecular weight is 361 g/mol. The van der Waals surface area contributed by atoms with Crippen LogP contribution in [0.3, 0.4) is 0 Å². The first-order valence-electron chi connectivity index (χ1n) is 6.60. The summed E-state index contributed by atoms with van der Waals surface area (Å²) in [5.74, 6) is 2.39. The lowest BCUT2D eigenvalue weighted by Crippen LogP contribution is -1.95. The van der Waals surface area contributed by atoms with Gasteiger partial charge in [0.05, 0.1) is 7.11 Å². The third kappa shape index (κ3) is 3.46. The summed E-state index contributed by atoms with van der Waals surface area (Å²) in [5, 5.41) is 8.01. The number of benzene rings is 2. The van der Waals surface area contributed by atoms with E-state index in [2.05, 4.69) is 26.1 Å². The molecule has 112 valence electrons. The summed E-state index contributed by atoms with van der Waals surface area (Å²) in [5.41, 5.74) is 0.835. The van der Waals surface area contributed by atoms with E-state index in [1.807, 2.05) is 48.5 Å². The summed E-state index contributed by atoms with van der Waals surface area (Å²) in [4.78, 5) is 0. The van der Waals surface area contributed by atoms with E-state index >= 15 is 0 Å². The highest BCUT2D eigenvalue weighted by molar-refractivity contribution is 9.10. The molecule has 2 aromatic carbocycles. The maximum absolute atomic E-state index is 5.61. The molecule has 5 nitrogen and oxygen atoms in total. The van der Waals surface area contributed by atoms with Gasteiger partial charge in [-0.05, 0) is 42.5 Å². The fourth-order valence-electron chi connectivity index (χ4n) is 1.86. The van der Waals surface area contributed by atoms with Crippen LogP contribution < -0.4 is 9.47 Å². The number of ether oxygens (including phenoxy) is 2. The van der Waals surface area contributed by atoms with Gasteiger partial charge in [-0.1, -0.05) is 22.0 Å². The van der Waals surface area contributed by atoms with Gasteiger partial charge in [0, 0.05) is 10.0 Å². The molecule has 0 amide bonds. The molecule has 0 N–H and O–H groups in total. The molecule has 0 aliphatic heterocycles. The van der Waals surface area contributed by atoms with Crippen molar-refractivity contribution in [2.45, 2.75) is 6.61 Å². The third-order valence-corrected chi connectivity index (χ3v) is 3.46. The Bertz CT molecular complexity index is 756. The molecule has 6 heteroatoms. The molecule has 0 bridgehead atoms. The molecule has 0 aliphatic rings. The first kappa shape index (κ1) is 14.6. The highest BCUT2D eigenvalue weighted by Crippen LogP contribution is 2.22. The Morgan fingerprint density at radius 1 is 1.05 bits per heavy atom. The van der Waals surface area contributed by atoms with Gasteiger partial charge < -0.3 is 13.9 Å². The Balaban J connectivity index is 1.68. The minimum atomic E-state index is 0.222. The molecule has 1 aromatic heterocycles. The lowest BCUT2D eigenvalue weighted by molar-refractivity contribution is 0.264. The van der Waals surface area contributed by atoms with Crippen molar-refractivity contribution in [1.29, 1.82) is 0 Å². The zero-order valence-electron chi connectivity index (χ0n) is 11.8. The summed E-state index contributed by atoms with van der Waals surface area (Å²) < 4.78 is 17.3. The fraction of sp³-hybridized carbons (Fsp3) is 0.125. The van der Waals surface area contributed by atoms with Gasteiger partial charge >= 0.3 is 0 Å². The molecular formula is C16H13BrN2O3. The normalized spacial score (nSPS) is 10.5. The number of hydrogen-bond acceptors (Lipinski definition) is 5. The molecule has 0 saturated carbocycles. The summed E-state index contributed by atoms with van der Waals surface area (Å²) in [6, 6.07) is 15.0. The van der Waals surface area contributed by atoms with Crippen LogP contribution in [0.15, 0.2) is 57.4 Å². The smallest absolute Gasteiger partial charge is 0.254 e. The van der Waals surface area contributed by atoms with Crippen LogP contribution in [0.1, 0.15) is 5.89 Å². The van der Waals surface area contributed by atoms with Gasteiger partial charge in [-0.25, -0.2) is 0 Å². The molecule has 1 heterocycles. The minimum Gasteiger partial charge on any atom is -0.497 e. The molecule has 3 rings (SSSR count). The van der Waals surface area contributed by atoms with Gasteiger partial charge in [-0.15, -0.1) is 10.2 Å². The summed E-state index contributed by atoms with van der Waals surface area (Å²) in [6.07, 6.45) is 0. The molecule has 0 radical (unpaired) electrons. The lowest BCUT2D eigenvalue weighted by Gasteiger charge is -2.03. The molecule has 3 aromatic rings. The standard InChI is InChI=1S/C16H13BrN2O3/c1-20-13-7-5-11(6-8-13)16-19-18-15(22-16)10-21-14-4-2-3-12(17)9-14/h2-9H,10H2,1H3.